The monoisotopic (exact) mass is 227 g/mol. The Morgan fingerprint density at radius 3 is 2.73 bits per heavy atom. The highest BCUT2D eigenvalue weighted by molar-refractivity contribution is 8.00. The Morgan fingerprint density at radius 1 is 1.47 bits per heavy atom. The van der Waals surface area contributed by atoms with Gasteiger partial charge in [-0.2, -0.15) is 11.8 Å². The second kappa shape index (κ2) is 5.61. The van der Waals surface area contributed by atoms with Crippen molar-refractivity contribution in [3.05, 3.63) is 24.2 Å². The minimum Gasteiger partial charge on any atom is -0.468 e. The SMILES string of the molecule is CC(CSC(C)(C)C)NCc1ccco1. The summed E-state index contributed by atoms with van der Waals surface area (Å²) in [5.41, 5.74) is 0. The van der Waals surface area contributed by atoms with Crippen LogP contribution in [-0.2, 0) is 6.54 Å². The Balaban J connectivity index is 2.16. The molecule has 1 N–H and O–H groups in total. The lowest BCUT2D eigenvalue weighted by molar-refractivity contribution is 0.466. The molecule has 0 bridgehead atoms. The van der Waals surface area contributed by atoms with Crippen LogP contribution < -0.4 is 5.32 Å². The number of hydrogen-bond donors (Lipinski definition) is 1. The second-order valence-corrected chi connectivity index (χ2v) is 6.63. The second-order valence-electron chi connectivity index (χ2n) is 4.78. The van der Waals surface area contributed by atoms with Gasteiger partial charge in [-0.1, -0.05) is 20.8 Å². The van der Waals surface area contributed by atoms with E-state index in [4.69, 9.17) is 4.42 Å². The summed E-state index contributed by atoms with van der Waals surface area (Å²) in [6.07, 6.45) is 1.71. The number of rotatable bonds is 5. The zero-order valence-corrected chi connectivity index (χ0v) is 10.9. The Bertz CT molecular complexity index is 264. The smallest absolute Gasteiger partial charge is 0.117 e. The van der Waals surface area contributed by atoms with Crippen LogP contribution in [0.3, 0.4) is 0 Å². The average Bonchev–Trinajstić information content (AvgIpc) is 2.62. The Morgan fingerprint density at radius 2 is 2.20 bits per heavy atom. The molecule has 0 aliphatic heterocycles. The molecule has 0 aliphatic carbocycles. The molecule has 0 radical (unpaired) electrons. The molecule has 0 aromatic carbocycles. The Labute approximate surface area is 96.8 Å². The maximum Gasteiger partial charge on any atom is 0.117 e. The van der Waals surface area contributed by atoms with Crippen LogP contribution in [0.15, 0.2) is 22.8 Å². The molecule has 0 spiro atoms. The largest absolute Gasteiger partial charge is 0.468 e. The zero-order valence-electron chi connectivity index (χ0n) is 10.0. The highest BCUT2D eigenvalue weighted by atomic mass is 32.2. The molecule has 0 amide bonds. The van der Waals surface area contributed by atoms with E-state index < -0.39 is 0 Å². The molecule has 0 saturated heterocycles. The van der Waals surface area contributed by atoms with Crippen LogP contribution in [0, 0.1) is 0 Å². The van der Waals surface area contributed by atoms with Crippen LogP contribution in [0.5, 0.6) is 0 Å². The highest BCUT2D eigenvalue weighted by Crippen LogP contribution is 2.23. The molecule has 1 atom stereocenters. The van der Waals surface area contributed by atoms with Crippen molar-refractivity contribution in [1.82, 2.24) is 5.32 Å². The first-order valence-corrected chi connectivity index (χ1v) is 6.35. The minimum atomic E-state index is 0.348. The maximum atomic E-state index is 5.26. The van der Waals surface area contributed by atoms with Gasteiger partial charge in [0.15, 0.2) is 0 Å². The molecule has 1 rings (SSSR count). The third kappa shape index (κ3) is 5.90. The van der Waals surface area contributed by atoms with Crippen molar-refractivity contribution in [2.24, 2.45) is 0 Å². The molecule has 1 aromatic heterocycles. The van der Waals surface area contributed by atoms with E-state index in [1.54, 1.807) is 6.26 Å². The predicted molar refractivity (Wildman–Crippen MR) is 67.2 cm³/mol. The molecule has 0 saturated carbocycles. The van der Waals surface area contributed by atoms with Gasteiger partial charge >= 0.3 is 0 Å². The van der Waals surface area contributed by atoms with Gasteiger partial charge in [0.25, 0.3) is 0 Å². The summed E-state index contributed by atoms with van der Waals surface area (Å²) in [5, 5.41) is 3.44. The lowest BCUT2D eigenvalue weighted by Gasteiger charge is -2.21. The lowest BCUT2D eigenvalue weighted by Crippen LogP contribution is -2.29. The van der Waals surface area contributed by atoms with Gasteiger partial charge in [0.05, 0.1) is 12.8 Å². The fourth-order valence-corrected chi connectivity index (χ4v) is 1.99. The van der Waals surface area contributed by atoms with Gasteiger partial charge in [-0.15, -0.1) is 0 Å². The number of nitrogens with one attached hydrogen (secondary N) is 1. The first-order chi connectivity index (χ1) is 6.97. The van der Waals surface area contributed by atoms with Gasteiger partial charge in [-0.3, -0.25) is 0 Å². The molecule has 86 valence electrons. The Kier molecular flexibility index (Phi) is 4.74. The summed E-state index contributed by atoms with van der Waals surface area (Å²) in [6, 6.07) is 4.43. The van der Waals surface area contributed by atoms with E-state index in [0.29, 0.717) is 10.8 Å². The normalized spacial score (nSPS) is 14.1. The molecule has 3 heteroatoms. The van der Waals surface area contributed by atoms with Crippen LogP contribution >= 0.6 is 11.8 Å². The molecule has 15 heavy (non-hydrogen) atoms. The van der Waals surface area contributed by atoms with E-state index >= 15 is 0 Å². The minimum absolute atomic E-state index is 0.348. The third-order valence-corrected chi connectivity index (χ3v) is 3.50. The van der Waals surface area contributed by atoms with Gasteiger partial charge in [-0.05, 0) is 19.1 Å². The van der Waals surface area contributed by atoms with Crippen LogP contribution in [0.4, 0.5) is 0 Å². The van der Waals surface area contributed by atoms with Crippen molar-refractivity contribution >= 4 is 11.8 Å². The summed E-state index contributed by atoms with van der Waals surface area (Å²) in [5.74, 6) is 2.13. The standard InChI is InChI=1S/C12H21NOS/c1-10(9-15-12(2,3)4)13-8-11-6-5-7-14-11/h5-7,10,13H,8-9H2,1-4H3. The summed E-state index contributed by atoms with van der Waals surface area (Å²) in [4.78, 5) is 0. The molecule has 0 aliphatic rings. The Hall–Kier alpha value is -0.410. The van der Waals surface area contributed by atoms with Crippen molar-refractivity contribution in [3.8, 4) is 0 Å². The molecular formula is C12H21NOS. The third-order valence-electron chi connectivity index (χ3n) is 1.97. The van der Waals surface area contributed by atoms with E-state index in [-0.39, 0.29) is 0 Å². The van der Waals surface area contributed by atoms with Crippen LogP contribution in [0.25, 0.3) is 0 Å². The number of thioether (sulfide) groups is 1. The molecule has 1 heterocycles. The lowest BCUT2D eigenvalue weighted by atomic mass is 10.3. The van der Waals surface area contributed by atoms with E-state index in [1.165, 1.54) is 0 Å². The fraction of sp³-hybridized carbons (Fsp3) is 0.667. The van der Waals surface area contributed by atoms with Gasteiger partial charge in [0, 0.05) is 16.5 Å². The van der Waals surface area contributed by atoms with Crippen LogP contribution in [-0.4, -0.2) is 16.5 Å². The summed E-state index contributed by atoms with van der Waals surface area (Å²) >= 11 is 1.99. The number of hydrogen-bond acceptors (Lipinski definition) is 3. The van der Waals surface area contributed by atoms with Gasteiger partial charge < -0.3 is 9.73 Å². The van der Waals surface area contributed by atoms with Crippen molar-refractivity contribution in [1.29, 1.82) is 0 Å². The molecular weight excluding hydrogens is 206 g/mol. The quantitative estimate of drug-likeness (QED) is 0.835. The summed E-state index contributed by atoms with van der Waals surface area (Å²) in [7, 11) is 0. The zero-order chi connectivity index (χ0) is 11.3. The predicted octanol–water partition coefficient (Wildman–Crippen LogP) is 3.29. The molecule has 1 aromatic rings. The van der Waals surface area contributed by atoms with Crippen LogP contribution in [0.2, 0.25) is 0 Å². The van der Waals surface area contributed by atoms with Crippen molar-refractivity contribution < 1.29 is 4.42 Å². The van der Waals surface area contributed by atoms with Gasteiger partial charge in [0.1, 0.15) is 5.76 Å². The van der Waals surface area contributed by atoms with Gasteiger partial charge in [-0.25, -0.2) is 0 Å². The van der Waals surface area contributed by atoms with E-state index in [0.717, 1.165) is 18.1 Å². The first-order valence-electron chi connectivity index (χ1n) is 5.37. The van der Waals surface area contributed by atoms with Crippen molar-refractivity contribution in [2.45, 2.75) is 45.0 Å². The topological polar surface area (TPSA) is 25.2 Å². The maximum absolute atomic E-state index is 5.26. The molecule has 1 unspecified atom stereocenters. The van der Waals surface area contributed by atoms with E-state index in [9.17, 15) is 0 Å². The molecule has 2 nitrogen and oxygen atoms in total. The first kappa shape index (κ1) is 12.7. The summed E-state index contributed by atoms with van der Waals surface area (Å²) < 4.78 is 5.61. The fourth-order valence-electron chi connectivity index (χ4n) is 1.12. The molecule has 0 fully saturated rings. The van der Waals surface area contributed by atoms with E-state index in [2.05, 4.69) is 33.0 Å². The van der Waals surface area contributed by atoms with Crippen LogP contribution in [0.1, 0.15) is 33.5 Å². The van der Waals surface area contributed by atoms with Gasteiger partial charge in [0.2, 0.25) is 0 Å². The van der Waals surface area contributed by atoms with E-state index in [1.807, 2.05) is 23.9 Å². The summed E-state index contributed by atoms with van der Waals surface area (Å²) in [6.45, 7) is 9.77. The average molecular weight is 227 g/mol. The van der Waals surface area contributed by atoms with Crippen molar-refractivity contribution in [2.75, 3.05) is 5.75 Å². The van der Waals surface area contributed by atoms with Crippen molar-refractivity contribution in [3.63, 3.8) is 0 Å². The highest BCUT2D eigenvalue weighted by Gasteiger charge is 2.12. The number of furan rings is 1.